The van der Waals surface area contributed by atoms with Gasteiger partial charge in [0.15, 0.2) is 0 Å². The van der Waals surface area contributed by atoms with Crippen molar-refractivity contribution in [1.29, 1.82) is 0 Å². The molecular formula is C33H38N4O6. The van der Waals surface area contributed by atoms with Gasteiger partial charge in [0.2, 0.25) is 5.91 Å². The highest BCUT2D eigenvalue weighted by Crippen LogP contribution is 2.29. The van der Waals surface area contributed by atoms with Crippen LogP contribution in [0.5, 0.6) is 0 Å². The van der Waals surface area contributed by atoms with Gasteiger partial charge in [-0.15, -0.1) is 0 Å². The molecule has 0 aromatic carbocycles. The third-order valence-corrected chi connectivity index (χ3v) is 8.35. The third-order valence-electron chi connectivity index (χ3n) is 8.35. The number of carbonyl (C=O) groups is 4. The summed E-state index contributed by atoms with van der Waals surface area (Å²) in [4.78, 5) is 58.8. The number of aromatic amines is 2. The lowest BCUT2D eigenvalue weighted by molar-refractivity contribution is -0.138. The predicted octanol–water partition coefficient (Wildman–Crippen LogP) is 3.36. The van der Waals surface area contributed by atoms with Gasteiger partial charge in [0.05, 0.1) is 11.6 Å². The predicted molar refractivity (Wildman–Crippen MR) is 165 cm³/mol. The van der Waals surface area contributed by atoms with Crippen molar-refractivity contribution in [1.82, 2.24) is 15.3 Å². The Labute approximate surface area is 249 Å². The zero-order valence-corrected chi connectivity index (χ0v) is 25.4. The molecule has 2 aliphatic rings. The molecule has 4 heterocycles. The van der Waals surface area contributed by atoms with Crippen molar-refractivity contribution in [2.75, 3.05) is 0 Å². The fourth-order valence-electron chi connectivity index (χ4n) is 5.77. The summed E-state index contributed by atoms with van der Waals surface area (Å²) in [5.74, 6) is -2.44. The lowest BCUT2D eigenvalue weighted by Gasteiger charge is -2.03. The molecule has 2 aliphatic heterocycles. The normalized spacial score (nSPS) is 19.8. The van der Waals surface area contributed by atoms with Gasteiger partial charge in [0.1, 0.15) is 0 Å². The van der Waals surface area contributed by atoms with E-state index in [1.165, 1.54) is 0 Å². The maximum Gasteiger partial charge on any atom is 0.303 e. The van der Waals surface area contributed by atoms with Crippen LogP contribution in [0.25, 0.3) is 18.2 Å². The van der Waals surface area contributed by atoms with Crippen LogP contribution in [0.1, 0.15) is 80.6 Å². The van der Waals surface area contributed by atoms with E-state index in [1.807, 2.05) is 65.8 Å². The molecule has 1 unspecified atom stereocenters. The monoisotopic (exact) mass is 586 g/mol. The second kappa shape index (κ2) is 12.6. The van der Waals surface area contributed by atoms with Gasteiger partial charge in [-0.1, -0.05) is 13.0 Å². The number of allylic oxidation sites excluding steroid dienone is 3. The van der Waals surface area contributed by atoms with Crippen molar-refractivity contribution in [3.63, 3.8) is 0 Å². The van der Waals surface area contributed by atoms with Gasteiger partial charge in [0, 0.05) is 46.2 Å². The average molecular weight is 587 g/mol. The molecule has 10 heteroatoms. The maximum absolute atomic E-state index is 12.3. The van der Waals surface area contributed by atoms with Crippen LogP contribution in [0.3, 0.4) is 0 Å². The largest absolute Gasteiger partial charge is 0.481 e. The minimum absolute atomic E-state index is 0.0721. The molecular weight excluding hydrogens is 548 g/mol. The highest BCUT2D eigenvalue weighted by Gasteiger charge is 2.29. The van der Waals surface area contributed by atoms with Crippen molar-refractivity contribution in [2.45, 2.75) is 73.6 Å². The molecule has 1 fully saturated rings. The SMILES string of the molecule is C/C=C1/C(=C\c2[nH]c(/C=c3/[nH]/c(=C/C4=NC(=O)C(CC)=C4C)c(C)c3CCC(=O)O)c(CCC(=O)O)c2C)NC(=O)C1C. The Morgan fingerprint density at radius 1 is 0.884 bits per heavy atom. The second-order valence-electron chi connectivity index (χ2n) is 11.0. The Morgan fingerprint density at radius 3 is 2.12 bits per heavy atom. The van der Waals surface area contributed by atoms with E-state index >= 15 is 0 Å². The fraction of sp³-hybridized carbons (Fsp3) is 0.364. The van der Waals surface area contributed by atoms with E-state index in [-0.39, 0.29) is 43.4 Å². The van der Waals surface area contributed by atoms with Gasteiger partial charge in [-0.05, 0) is 106 Å². The number of nitrogens with zero attached hydrogens (tertiary/aromatic N) is 1. The molecule has 0 saturated carbocycles. The molecule has 0 spiro atoms. The smallest absolute Gasteiger partial charge is 0.303 e. The van der Waals surface area contributed by atoms with E-state index < -0.39 is 11.9 Å². The van der Waals surface area contributed by atoms with E-state index in [9.17, 15) is 29.4 Å². The summed E-state index contributed by atoms with van der Waals surface area (Å²) < 4.78 is 0. The average Bonchev–Trinajstić information content (AvgIpc) is 3.59. The minimum Gasteiger partial charge on any atom is -0.481 e. The Hall–Kier alpha value is -4.73. The number of aliphatic imine (C=N–C) groups is 1. The van der Waals surface area contributed by atoms with Gasteiger partial charge >= 0.3 is 11.9 Å². The molecule has 43 heavy (non-hydrogen) atoms. The van der Waals surface area contributed by atoms with Crippen LogP contribution < -0.4 is 16.0 Å². The molecule has 5 N–H and O–H groups in total. The van der Waals surface area contributed by atoms with Crippen LogP contribution in [0.4, 0.5) is 0 Å². The fourth-order valence-corrected chi connectivity index (χ4v) is 5.77. The number of amides is 2. The standard InChI is InChI=1S/C33H38N4O6/c1-7-20-19(6)32(42)37-27(20)14-25-18(5)23(10-12-31(40)41)29(35-25)15-28-22(9-11-30(38)39)17(4)24(34-28)13-26-16(3)21(8-2)33(43)36-26/h7,13-15,19,34-35H,8-12H2,1-6H3,(H,37,42)(H,38,39)(H,40,41)/b20-7+,24-13+,27-14+,28-15+. The zero-order valence-electron chi connectivity index (χ0n) is 25.4. The van der Waals surface area contributed by atoms with Crippen LogP contribution >= 0.6 is 0 Å². The zero-order chi connectivity index (χ0) is 31.6. The highest BCUT2D eigenvalue weighted by atomic mass is 16.4. The first-order chi connectivity index (χ1) is 20.4. The van der Waals surface area contributed by atoms with E-state index in [4.69, 9.17) is 0 Å². The summed E-state index contributed by atoms with van der Waals surface area (Å²) in [5, 5.41) is 23.2. The molecule has 0 aliphatic carbocycles. The Morgan fingerprint density at radius 2 is 1.53 bits per heavy atom. The quantitative estimate of drug-likeness (QED) is 0.286. The highest BCUT2D eigenvalue weighted by molar-refractivity contribution is 6.30. The first-order valence-electron chi connectivity index (χ1n) is 14.4. The second-order valence-corrected chi connectivity index (χ2v) is 11.0. The van der Waals surface area contributed by atoms with Crippen LogP contribution in [0.2, 0.25) is 0 Å². The topological polar surface area (TPSA) is 165 Å². The van der Waals surface area contributed by atoms with E-state index in [0.29, 0.717) is 39.8 Å². The Balaban J connectivity index is 1.91. The Bertz CT molecular complexity index is 1780. The van der Waals surface area contributed by atoms with Crippen molar-refractivity contribution >= 4 is 47.7 Å². The number of hydrogen-bond acceptors (Lipinski definition) is 4. The molecule has 0 radical (unpaired) electrons. The van der Waals surface area contributed by atoms with Crippen LogP contribution in [-0.2, 0) is 32.0 Å². The number of hydrogen-bond donors (Lipinski definition) is 5. The van der Waals surface area contributed by atoms with E-state index in [0.717, 1.165) is 39.1 Å². The van der Waals surface area contributed by atoms with Crippen LogP contribution in [0.15, 0.2) is 33.5 Å². The van der Waals surface area contributed by atoms with Crippen molar-refractivity contribution in [3.8, 4) is 0 Å². The molecule has 4 rings (SSSR count). The van der Waals surface area contributed by atoms with Gasteiger partial charge in [-0.2, -0.15) is 0 Å². The molecule has 2 amide bonds. The van der Waals surface area contributed by atoms with Gasteiger partial charge < -0.3 is 25.5 Å². The summed E-state index contributed by atoms with van der Waals surface area (Å²) in [6.45, 7) is 11.3. The van der Waals surface area contributed by atoms with Gasteiger partial charge in [-0.3, -0.25) is 19.2 Å². The minimum atomic E-state index is -0.923. The lowest BCUT2D eigenvalue weighted by atomic mass is 10.00. The first kappa shape index (κ1) is 31.2. The number of carboxylic acid groups (broad SMARTS) is 2. The molecule has 1 atom stereocenters. The summed E-state index contributed by atoms with van der Waals surface area (Å²) in [7, 11) is 0. The summed E-state index contributed by atoms with van der Waals surface area (Å²) >= 11 is 0. The summed E-state index contributed by atoms with van der Waals surface area (Å²) in [5.41, 5.74) is 8.40. The number of carbonyl (C=O) groups excluding carboxylic acids is 2. The lowest BCUT2D eigenvalue weighted by Crippen LogP contribution is -2.16. The van der Waals surface area contributed by atoms with E-state index in [2.05, 4.69) is 20.3 Å². The number of nitrogens with one attached hydrogen (secondary N) is 3. The molecule has 2 aromatic heterocycles. The van der Waals surface area contributed by atoms with Crippen molar-refractivity contribution in [3.05, 3.63) is 72.8 Å². The van der Waals surface area contributed by atoms with E-state index in [1.54, 1.807) is 0 Å². The number of aliphatic carboxylic acids is 2. The molecule has 1 saturated heterocycles. The molecule has 2 aromatic rings. The molecule has 10 nitrogen and oxygen atoms in total. The Kier molecular flexibility index (Phi) is 9.18. The van der Waals surface area contributed by atoms with Crippen LogP contribution in [-0.4, -0.2) is 49.6 Å². The van der Waals surface area contributed by atoms with Crippen molar-refractivity contribution < 1.29 is 29.4 Å². The molecule has 0 bridgehead atoms. The number of rotatable bonds is 10. The summed E-state index contributed by atoms with van der Waals surface area (Å²) in [6.07, 6.45) is 8.45. The number of carboxylic acids is 2. The molecule has 226 valence electrons. The van der Waals surface area contributed by atoms with Gasteiger partial charge in [-0.25, -0.2) is 4.99 Å². The maximum atomic E-state index is 12.3. The third kappa shape index (κ3) is 6.38. The van der Waals surface area contributed by atoms with Crippen molar-refractivity contribution in [2.24, 2.45) is 10.9 Å². The van der Waals surface area contributed by atoms with Crippen LogP contribution in [0, 0.1) is 19.8 Å². The van der Waals surface area contributed by atoms with Gasteiger partial charge in [0.25, 0.3) is 5.91 Å². The first-order valence-corrected chi connectivity index (χ1v) is 14.4. The number of aromatic nitrogens is 2. The summed E-state index contributed by atoms with van der Waals surface area (Å²) in [6, 6.07) is 0. The number of H-pyrrole nitrogens is 2.